The third kappa shape index (κ3) is 5.87. The Hall–Kier alpha value is -6.05. The summed E-state index contributed by atoms with van der Waals surface area (Å²) in [5.41, 5.74) is 21.5. The van der Waals surface area contributed by atoms with E-state index in [0.29, 0.717) is 11.8 Å². The van der Waals surface area contributed by atoms with Crippen LogP contribution in [0.1, 0.15) is 64.5 Å². The molecule has 0 radical (unpaired) electrons. The van der Waals surface area contributed by atoms with Crippen molar-refractivity contribution >= 4 is 11.9 Å². The molecule has 0 N–H and O–H groups in total. The van der Waals surface area contributed by atoms with Crippen LogP contribution in [0.25, 0.3) is 50.2 Å². The Morgan fingerprint density at radius 3 is 1.79 bits per heavy atom. The third-order valence-electron chi connectivity index (χ3n) is 11.8. The van der Waals surface area contributed by atoms with Gasteiger partial charge in [-0.15, -0.1) is 0 Å². The first kappa shape index (κ1) is 31.7. The Morgan fingerprint density at radius 2 is 1.02 bits per heavy atom. The number of nitrogens with zero attached hydrogens (tertiary/aromatic N) is 1. The smallest absolute Gasteiger partial charge is 0.0699 e. The molecule has 53 heavy (non-hydrogen) atoms. The van der Waals surface area contributed by atoms with Crippen LogP contribution in [0, 0.1) is 0 Å². The molecule has 0 amide bonds. The number of hydrogen-bond acceptors (Lipinski definition) is 1. The fourth-order valence-corrected chi connectivity index (χ4v) is 9.18. The van der Waals surface area contributed by atoms with E-state index in [1.807, 2.05) is 0 Å². The predicted molar refractivity (Wildman–Crippen MR) is 222 cm³/mol. The molecule has 2 aliphatic carbocycles. The molecule has 0 fully saturated rings. The van der Waals surface area contributed by atoms with Gasteiger partial charge < -0.3 is 0 Å². The number of allylic oxidation sites excluding steroid dienone is 1. The quantitative estimate of drug-likeness (QED) is 0.152. The minimum Gasteiger partial charge on any atom is -0.261 e. The number of benzene rings is 7. The summed E-state index contributed by atoms with van der Waals surface area (Å²) in [6.07, 6.45) is 7.41. The molecule has 0 saturated carbocycles. The molecule has 0 spiro atoms. The summed E-state index contributed by atoms with van der Waals surface area (Å²) in [4.78, 5) is 5.04. The molecular weight excluding hydrogens is 639 g/mol. The fourth-order valence-electron chi connectivity index (χ4n) is 9.18. The standard InChI is InChI=1S/C52H41N/c1-3-12-37(13-4-1)39-23-20-35(21-24-39)22-27-45-46-28-25-42(34-51(46)52-48(45)19-10-30-53-52)41-26-29-47-49(43-17-7-8-18-44(43)50(47)33-41)32-36-11-9-16-40(31-36)38-14-5-2-6-15-38/h1-9,11-18,20-21,23-26,28-31,33-34,45,49H,10,19,22,27,32H2. The number of rotatable bonds is 8. The van der Waals surface area contributed by atoms with E-state index in [0.717, 1.165) is 32.1 Å². The van der Waals surface area contributed by atoms with E-state index >= 15 is 0 Å². The fraction of sp³-hybridized carbons (Fsp3) is 0.135. The van der Waals surface area contributed by atoms with Crippen molar-refractivity contribution in [2.75, 3.05) is 0 Å². The summed E-state index contributed by atoms with van der Waals surface area (Å²) in [5, 5.41) is 0. The average Bonchev–Trinajstić information content (AvgIpc) is 3.72. The SMILES string of the molecule is C1=NC2=C(CC1)C(CCc1ccc(-c3ccccc3)cc1)c1ccc(-c3ccc4c(c3)-c3ccccc3C4Cc3cccc(-c4ccccc4)c3)cc12. The van der Waals surface area contributed by atoms with Crippen molar-refractivity contribution in [2.45, 2.75) is 43.9 Å². The molecule has 2 unspecified atom stereocenters. The van der Waals surface area contributed by atoms with Crippen molar-refractivity contribution in [3.05, 3.63) is 209 Å². The molecule has 0 bridgehead atoms. The molecule has 1 heteroatoms. The Bertz CT molecular complexity index is 2520. The van der Waals surface area contributed by atoms with Gasteiger partial charge in [-0.2, -0.15) is 0 Å². The zero-order valence-electron chi connectivity index (χ0n) is 29.9. The van der Waals surface area contributed by atoms with E-state index in [4.69, 9.17) is 4.99 Å². The maximum atomic E-state index is 5.04. The lowest BCUT2D eigenvalue weighted by molar-refractivity contribution is 0.687. The summed E-state index contributed by atoms with van der Waals surface area (Å²) in [6, 6.07) is 63.1. The topological polar surface area (TPSA) is 12.4 Å². The van der Waals surface area contributed by atoms with E-state index in [9.17, 15) is 0 Å². The molecule has 1 nitrogen and oxygen atoms in total. The first-order valence-corrected chi connectivity index (χ1v) is 19.2. The van der Waals surface area contributed by atoms with Crippen LogP contribution in [-0.4, -0.2) is 6.21 Å². The maximum absolute atomic E-state index is 5.04. The van der Waals surface area contributed by atoms with Gasteiger partial charge in [0.1, 0.15) is 0 Å². The summed E-state index contributed by atoms with van der Waals surface area (Å²) in [5.74, 6) is 0.759. The minimum absolute atomic E-state index is 0.334. The highest BCUT2D eigenvalue weighted by Crippen LogP contribution is 2.51. The van der Waals surface area contributed by atoms with Crippen LogP contribution < -0.4 is 0 Å². The van der Waals surface area contributed by atoms with E-state index in [-0.39, 0.29) is 0 Å². The van der Waals surface area contributed by atoms with Crippen LogP contribution in [-0.2, 0) is 12.8 Å². The van der Waals surface area contributed by atoms with Crippen molar-refractivity contribution in [3.63, 3.8) is 0 Å². The normalized spacial score (nSPS) is 16.6. The highest BCUT2D eigenvalue weighted by molar-refractivity contribution is 5.88. The van der Waals surface area contributed by atoms with Gasteiger partial charge in [0.05, 0.1) is 5.70 Å². The minimum atomic E-state index is 0.334. The number of hydrogen-bond donors (Lipinski definition) is 0. The Morgan fingerprint density at radius 1 is 0.434 bits per heavy atom. The summed E-state index contributed by atoms with van der Waals surface area (Å²) in [6.45, 7) is 0. The third-order valence-corrected chi connectivity index (χ3v) is 11.8. The molecule has 7 aromatic rings. The van der Waals surface area contributed by atoms with Crippen LogP contribution in [0.15, 0.2) is 180 Å². The molecule has 10 rings (SSSR count). The van der Waals surface area contributed by atoms with E-state index in [1.165, 1.54) is 89.2 Å². The molecule has 3 aliphatic rings. The highest BCUT2D eigenvalue weighted by Gasteiger charge is 2.33. The van der Waals surface area contributed by atoms with Gasteiger partial charge in [0.2, 0.25) is 0 Å². The number of aliphatic imine (C=N–C) groups is 1. The van der Waals surface area contributed by atoms with Crippen molar-refractivity contribution in [3.8, 4) is 44.5 Å². The number of fused-ring (bicyclic) bond motifs is 5. The van der Waals surface area contributed by atoms with Crippen LogP contribution in [0.5, 0.6) is 0 Å². The first-order chi connectivity index (χ1) is 26.3. The van der Waals surface area contributed by atoms with Gasteiger partial charge in [-0.1, -0.05) is 158 Å². The monoisotopic (exact) mass is 679 g/mol. The van der Waals surface area contributed by atoms with Gasteiger partial charge in [0.15, 0.2) is 0 Å². The molecule has 2 atom stereocenters. The second-order valence-corrected chi connectivity index (χ2v) is 14.9. The van der Waals surface area contributed by atoms with Crippen LogP contribution >= 0.6 is 0 Å². The molecule has 7 aromatic carbocycles. The highest BCUT2D eigenvalue weighted by atomic mass is 14.8. The van der Waals surface area contributed by atoms with Crippen molar-refractivity contribution in [2.24, 2.45) is 4.99 Å². The molecule has 1 heterocycles. The van der Waals surface area contributed by atoms with Crippen molar-refractivity contribution in [1.82, 2.24) is 0 Å². The van der Waals surface area contributed by atoms with Crippen LogP contribution in [0.3, 0.4) is 0 Å². The number of aryl methyl sites for hydroxylation is 1. The average molecular weight is 680 g/mol. The zero-order valence-corrected chi connectivity index (χ0v) is 29.9. The second kappa shape index (κ2) is 13.5. The van der Waals surface area contributed by atoms with Gasteiger partial charge in [0.25, 0.3) is 0 Å². The molecule has 254 valence electrons. The Balaban J connectivity index is 0.934. The Kier molecular flexibility index (Phi) is 8.06. The van der Waals surface area contributed by atoms with Crippen LogP contribution in [0.4, 0.5) is 0 Å². The lowest BCUT2D eigenvalue weighted by Gasteiger charge is -2.18. The zero-order chi connectivity index (χ0) is 35.1. The van der Waals surface area contributed by atoms with E-state index < -0.39 is 0 Å². The molecule has 0 aromatic heterocycles. The van der Waals surface area contributed by atoms with Gasteiger partial charge in [-0.25, -0.2) is 0 Å². The molecule has 1 aliphatic heterocycles. The first-order valence-electron chi connectivity index (χ1n) is 19.2. The summed E-state index contributed by atoms with van der Waals surface area (Å²) in [7, 11) is 0. The lowest BCUT2D eigenvalue weighted by atomic mass is 9.86. The van der Waals surface area contributed by atoms with Crippen LogP contribution in [0.2, 0.25) is 0 Å². The van der Waals surface area contributed by atoms with E-state index in [2.05, 4.69) is 176 Å². The summed E-state index contributed by atoms with van der Waals surface area (Å²) >= 11 is 0. The summed E-state index contributed by atoms with van der Waals surface area (Å²) < 4.78 is 0. The van der Waals surface area contributed by atoms with Gasteiger partial charge in [-0.05, 0) is 122 Å². The second-order valence-electron chi connectivity index (χ2n) is 14.9. The van der Waals surface area contributed by atoms with E-state index in [1.54, 1.807) is 0 Å². The lowest BCUT2D eigenvalue weighted by Crippen LogP contribution is -2.03. The Labute approximate surface area is 313 Å². The van der Waals surface area contributed by atoms with Crippen molar-refractivity contribution < 1.29 is 0 Å². The predicted octanol–water partition coefficient (Wildman–Crippen LogP) is 13.3. The maximum Gasteiger partial charge on any atom is 0.0699 e. The van der Waals surface area contributed by atoms with Gasteiger partial charge >= 0.3 is 0 Å². The van der Waals surface area contributed by atoms with Crippen molar-refractivity contribution in [1.29, 1.82) is 0 Å². The van der Waals surface area contributed by atoms with Gasteiger partial charge in [-0.3, -0.25) is 4.99 Å². The molecule has 0 saturated heterocycles. The molecular formula is C52H41N. The van der Waals surface area contributed by atoms with Gasteiger partial charge in [0, 0.05) is 23.6 Å². The largest absolute Gasteiger partial charge is 0.261 e.